The molecular formula is C16H17Cl2NO5. The normalized spacial score (nSPS) is 24.2. The maximum atomic E-state index is 12.1. The molecule has 0 unspecified atom stereocenters. The molecule has 0 aromatic heterocycles. The summed E-state index contributed by atoms with van der Waals surface area (Å²) in [6.07, 6.45) is -0.624. The molecule has 2 aliphatic rings. The molecule has 6 nitrogen and oxygen atoms in total. The minimum atomic E-state index is -1.12. The molecule has 130 valence electrons. The van der Waals surface area contributed by atoms with Crippen molar-refractivity contribution in [3.63, 3.8) is 0 Å². The van der Waals surface area contributed by atoms with Gasteiger partial charge in [0.2, 0.25) is 6.79 Å². The molecule has 1 amide bonds. The summed E-state index contributed by atoms with van der Waals surface area (Å²) in [6, 6.07) is 5.40. The number of rotatable bonds is 5. The van der Waals surface area contributed by atoms with Gasteiger partial charge in [0.1, 0.15) is 9.75 Å². The number of amides is 1. The van der Waals surface area contributed by atoms with E-state index < -0.39 is 27.7 Å². The van der Waals surface area contributed by atoms with E-state index in [-0.39, 0.29) is 13.3 Å². The Morgan fingerprint density at radius 3 is 2.67 bits per heavy atom. The van der Waals surface area contributed by atoms with Crippen molar-refractivity contribution < 1.29 is 23.8 Å². The van der Waals surface area contributed by atoms with Crippen molar-refractivity contribution >= 4 is 35.1 Å². The number of benzene rings is 1. The first kappa shape index (κ1) is 17.2. The summed E-state index contributed by atoms with van der Waals surface area (Å²) in [7, 11) is 0. The van der Waals surface area contributed by atoms with Crippen LogP contribution in [0, 0.1) is 5.41 Å². The van der Waals surface area contributed by atoms with Crippen LogP contribution in [0.2, 0.25) is 0 Å². The van der Waals surface area contributed by atoms with E-state index in [1.54, 1.807) is 19.1 Å². The van der Waals surface area contributed by atoms with Crippen LogP contribution in [0.1, 0.15) is 25.8 Å². The van der Waals surface area contributed by atoms with Gasteiger partial charge in [0, 0.05) is 13.0 Å². The van der Waals surface area contributed by atoms with Gasteiger partial charge in [-0.2, -0.15) is 0 Å². The first-order valence-corrected chi connectivity index (χ1v) is 8.24. The number of esters is 1. The molecule has 1 aromatic rings. The Hall–Kier alpha value is -1.66. The van der Waals surface area contributed by atoms with Crippen LogP contribution in [-0.4, -0.2) is 29.1 Å². The van der Waals surface area contributed by atoms with Gasteiger partial charge in [0.15, 0.2) is 17.6 Å². The Labute approximate surface area is 149 Å². The van der Waals surface area contributed by atoms with Crippen LogP contribution in [0.4, 0.5) is 0 Å². The molecule has 1 aromatic carbocycles. The van der Waals surface area contributed by atoms with Gasteiger partial charge in [-0.3, -0.25) is 9.59 Å². The summed E-state index contributed by atoms with van der Waals surface area (Å²) < 4.78 is 14.6. The smallest absolute Gasteiger partial charge is 0.315 e. The van der Waals surface area contributed by atoms with Crippen molar-refractivity contribution in [3.05, 3.63) is 23.8 Å². The third-order valence-electron chi connectivity index (χ3n) is 4.27. The molecule has 1 heterocycles. The molecule has 1 N–H and O–H groups in total. The lowest BCUT2D eigenvalue weighted by molar-refractivity contribution is -0.159. The number of fused-ring (bicyclic) bond motifs is 1. The van der Waals surface area contributed by atoms with Crippen LogP contribution in [0.5, 0.6) is 11.5 Å². The van der Waals surface area contributed by atoms with Crippen molar-refractivity contribution in [2.75, 3.05) is 6.79 Å². The topological polar surface area (TPSA) is 73.9 Å². The second-order valence-corrected chi connectivity index (χ2v) is 7.65. The average Bonchev–Trinajstić information content (AvgIpc) is 2.88. The molecule has 0 spiro atoms. The van der Waals surface area contributed by atoms with Crippen molar-refractivity contribution in [3.8, 4) is 11.5 Å². The number of halogens is 2. The Bertz CT molecular complexity index is 693. The molecule has 1 aliphatic carbocycles. The lowest BCUT2D eigenvalue weighted by Gasteiger charge is -2.17. The number of ether oxygens (including phenoxy) is 3. The molecule has 24 heavy (non-hydrogen) atoms. The Balaban J connectivity index is 1.51. The summed E-state index contributed by atoms with van der Waals surface area (Å²) in [4.78, 5) is 24.1. The summed E-state index contributed by atoms with van der Waals surface area (Å²) in [6.45, 7) is 3.60. The van der Waals surface area contributed by atoms with Gasteiger partial charge in [0.25, 0.3) is 5.91 Å². The SMILES string of the molecule is C[C@H](OC(=O)[C@]1(C)CC1(Cl)Cl)C(=O)NCc1ccc2c(c1)OCO2. The van der Waals surface area contributed by atoms with Gasteiger partial charge in [0.05, 0.1) is 0 Å². The molecule has 0 bridgehead atoms. The fourth-order valence-electron chi connectivity index (χ4n) is 2.35. The molecule has 0 radical (unpaired) electrons. The Kier molecular flexibility index (Phi) is 4.30. The second kappa shape index (κ2) is 6.01. The first-order chi connectivity index (χ1) is 11.2. The van der Waals surface area contributed by atoms with Crippen LogP contribution >= 0.6 is 23.2 Å². The Morgan fingerprint density at radius 1 is 1.33 bits per heavy atom. The van der Waals surface area contributed by atoms with Crippen molar-refractivity contribution in [1.82, 2.24) is 5.32 Å². The maximum Gasteiger partial charge on any atom is 0.315 e. The van der Waals surface area contributed by atoms with Crippen LogP contribution < -0.4 is 14.8 Å². The fraction of sp³-hybridized carbons (Fsp3) is 0.500. The highest BCUT2D eigenvalue weighted by Gasteiger charge is 2.69. The number of carbonyl (C=O) groups is 2. The van der Waals surface area contributed by atoms with E-state index in [0.29, 0.717) is 17.9 Å². The summed E-state index contributed by atoms with van der Waals surface area (Å²) in [5.74, 6) is 0.345. The summed E-state index contributed by atoms with van der Waals surface area (Å²) >= 11 is 11.9. The highest BCUT2D eigenvalue weighted by molar-refractivity contribution is 6.53. The molecule has 1 fully saturated rings. The van der Waals surface area contributed by atoms with Crippen molar-refractivity contribution in [2.24, 2.45) is 5.41 Å². The van der Waals surface area contributed by atoms with E-state index in [1.165, 1.54) is 6.92 Å². The molecule has 1 saturated carbocycles. The van der Waals surface area contributed by atoms with Crippen LogP contribution in [0.3, 0.4) is 0 Å². The standard InChI is InChI=1S/C16H17Cl2NO5/c1-9(24-14(21)15(2)7-16(15,17)18)13(20)19-6-10-3-4-11-12(5-10)23-8-22-11/h3-5,9H,6-8H2,1-2H3,(H,19,20)/t9-,15-/m0/s1. The Morgan fingerprint density at radius 2 is 2.00 bits per heavy atom. The van der Waals surface area contributed by atoms with Crippen LogP contribution in [0.25, 0.3) is 0 Å². The van der Waals surface area contributed by atoms with Gasteiger partial charge >= 0.3 is 5.97 Å². The number of hydrogen-bond donors (Lipinski definition) is 1. The quantitative estimate of drug-likeness (QED) is 0.634. The van der Waals surface area contributed by atoms with Crippen molar-refractivity contribution in [2.45, 2.75) is 37.3 Å². The third-order valence-corrected chi connectivity index (χ3v) is 5.37. The molecule has 2 atom stereocenters. The number of alkyl halides is 2. The highest BCUT2D eigenvalue weighted by atomic mass is 35.5. The van der Waals surface area contributed by atoms with E-state index in [0.717, 1.165) is 5.56 Å². The van der Waals surface area contributed by atoms with E-state index >= 15 is 0 Å². The van der Waals surface area contributed by atoms with Gasteiger partial charge in [-0.25, -0.2) is 0 Å². The van der Waals surface area contributed by atoms with E-state index in [2.05, 4.69) is 5.32 Å². The zero-order valence-electron chi connectivity index (χ0n) is 13.2. The zero-order chi connectivity index (χ0) is 17.5. The molecule has 1 aliphatic heterocycles. The molecule has 3 rings (SSSR count). The largest absolute Gasteiger partial charge is 0.454 e. The van der Waals surface area contributed by atoms with Gasteiger partial charge in [-0.15, -0.1) is 23.2 Å². The van der Waals surface area contributed by atoms with Crippen LogP contribution in [-0.2, 0) is 20.9 Å². The van der Waals surface area contributed by atoms with E-state index in [1.807, 2.05) is 6.07 Å². The van der Waals surface area contributed by atoms with E-state index in [9.17, 15) is 9.59 Å². The lowest BCUT2D eigenvalue weighted by atomic mass is 10.1. The number of carbonyl (C=O) groups excluding carboxylic acids is 2. The van der Waals surface area contributed by atoms with Crippen LogP contribution in [0.15, 0.2) is 18.2 Å². The van der Waals surface area contributed by atoms with Gasteiger partial charge in [-0.1, -0.05) is 6.07 Å². The predicted octanol–water partition coefficient (Wildman–Crippen LogP) is 2.55. The van der Waals surface area contributed by atoms with Gasteiger partial charge in [-0.05, 0) is 31.5 Å². The maximum absolute atomic E-state index is 12.1. The van der Waals surface area contributed by atoms with E-state index in [4.69, 9.17) is 37.4 Å². The van der Waals surface area contributed by atoms with Gasteiger partial charge < -0.3 is 19.5 Å². The fourth-order valence-corrected chi connectivity index (χ4v) is 3.04. The second-order valence-electron chi connectivity index (χ2n) is 6.17. The first-order valence-electron chi connectivity index (χ1n) is 7.48. The minimum absolute atomic E-state index is 0.194. The highest BCUT2D eigenvalue weighted by Crippen LogP contribution is 2.64. The average molecular weight is 374 g/mol. The summed E-state index contributed by atoms with van der Waals surface area (Å²) in [5, 5.41) is 2.71. The lowest BCUT2D eigenvalue weighted by Crippen LogP contribution is -2.37. The van der Waals surface area contributed by atoms with Crippen molar-refractivity contribution in [1.29, 1.82) is 0 Å². The summed E-state index contributed by atoms with van der Waals surface area (Å²) in [5.41, 5.74) is -0.108. The number of hydrogen-bond acceptors (Lipinski definition) is 5. The number of nitrogens with one attached hydrogen (secondary N) is 1. The monoisotopic (exact) mass is 373 g/mol. The zero-order valence-corrected chi connectivity index (χ0v) is 14.7. The molecular weight excluding hydrogens is 357 g/mol. The molecule has 0 saturated heterocycles. The molecule has 8 heteroatoms. The third kappa shape index (κ3) is 3.13. The minimum Gasteiger partial charge on any atom is -0.454 e. The predicted molar refractivity (Wildman–Crippen MR) is 87.1 cm³/mol.